The number of methoxy groups -OCH3 is 1. The Bertz CT molecular complexity index is 900. The Morgan fingerprint density at radius 3 is 2.62 bits per heavy atom. The Hall–Kier alpha value is -3.46. The maximum absolute atomic E-state index is 12.6. The molecule has 2 rings (SSSR count). The Balaban J connectivity index is 2.13. The minimum Gasteiger partial charge on any atom is -0.449 e. The average molecular weight is 401 g/mol. The molecular formula is C20H23N3O6. The predicted octanol–water partition coefficient (Wildman–Crippen LogP) is 3.15. The second kappa shape index (κ2) is 10.2. The highest BCUT2D eigenvalue weighted by Crippen LogP contribution is 2.23. The first kappa shape index (κ1) is 21.8. The number of nitro benzene ring substituents is 1. The number of nitrogens with zero attached hydrogens (tertiary/aromatic N) is 1. The van der Waals surface area contributed by atoms with Crippen molar-refractivity contribution >= 4 is 28.9 Å². The van der Waals surface area contributed by atoms with Crippen LogP contribution in [-0.4, -0.2) is 43.2 Å². The molecule has 0 aromatic heterocycles. The number of aryl methyl sites for hydroxylation is 1. The van der Waals surface area contributed by atoms with Gasteiger partial charge in [0.2, 0.25) is 0 Å². The SMILES string of the molecule is COCCNc1ccc([N+](=O)[O-])cc1C(=O)O[C@@H](C)C(=O)Nc1cccc(C)c1. The smallest absolute Gasteiger partial charge is 0.341 e. The van der Waals surface area contributed by atoms with Crippen LogP contribution in [0.4, 0.5) is 17.1 Å². The summed E-state index contributed by atoms with van der Waals surface area (Å²) in [7, 11) is 1.53. The Morgan fingerprint density at radius 2 is 1.97 bits per heavy atom. The molecule has 0 aliphatic carbocycles. The average Bonchev–Trinajstić information content (AvgIpc) is 2.68. The van der Waals surface area contributed by atoms with Gasteiger partial charge in [-0.25, -0.2) is 4.79 Å². The molecule has 0 saturated heterocycles. The molecule has 0 spiro atoms. The lowest BCUT2D eigenvalue weighted by Gasteiger charge is -2.16. The van der Waals surface area contributed by atoms with Crippen LogP contribution in [0.5, 0.6) is 0 Å². The molecule has 1 atom stereocenters. The van der Waals surface area contributed by atoms with Crippen LogP contribution < -0.4 is 10.6 Å². The summed E-state index contributed by atoms with van der Waals surface area (Å²) in [6, 6.07) is 11.0. The Kier molecular flexibility index (Phi) is 7.67. The number of rotatable bonds is 9. The van der Waals surface area contributed by atoms with Gasteiger partial charge in [-0.1, -0.05) is 12.1 Å². The quantitative estimate of drug-likeness (QED) is 0.287. The van der Waals surface area contributed by atoms with Crippen LogP contribution in [0.15, 0.2) is 42.5 Å². The highest BCUT2D eigenvalue weighted by molar-refractivity contribution is 6.00. The molecule has 0 saturated carbocycles. The Morgan fingerprint density at radius 1 is 1.21 bits per heavy atom. The summed E-state index contributed by atoms with van der Waals surface area (Å²) >= 11 is 0. The zero-order valence-electron chi connectivity index (χ0n) is 16.4. The fourth-order valence-corrected chi connectivity index (χ4v) is 2.50. The van der Waals surface area contributed by atoms with Gasteiger partial charge in [-0.05, 0) is 37.6 Å². The number of benzene rings is 2. The van der Waals surface area contributed by atoms with E-state index in [1.165, 1.54) is 26.2 Å². The van der Waals surface area contributed by atoms with Crippen molar-refractivity contribution in [3.8, 4) is 0 Å². The maximum atomic E-state index is 12.6. The molecular weight excluding hydrogens is 378 g/mol. The van der Waals surface area contributed by atoms with Crippen LogP contribution in [0.2, 0.25) is 0 Å². The van der Waals surface area contributed by atoms with E-state index in [1.807, 2.05) is 13.0 Å². The van der Waals surface area contributed by atoms with Crippen molar-refractivity contribution in [3.05, 3.63) is 63.7 Å². The third-order valence-electron chi connectivity index (χ3n) is 3.99. The van der Waals surface area contributed by atoms with Gasteiger partial charge in [0, 0.05) is 37.2 Å². The summed E-state index contributed by atoms with van der Waals surface area (Å²) < 4.78 is 10.2. The van der Waals surface area contributed by atoms with Gasteiger partial charge < -0.3 is 20.1 Å². The summed E-state index contributed by atoms with van der Waals surface area (Å²) in [5.74, 6) is -1.36. The van der Waals surface area contributed by atoms with E-state index in [0.717, 1.165) is 11.6 Å². The van der Waals surface area contributed by atoms with Crippen LogP contribution >= 0.6 is 0 Å². The van der Waals surface area contributed by atoms with Crippen LogP contribution in [0.1, 0.15) is 22.8 Å². The molecule has 0 radical (unpaired) electrons. The number of carbonyl (C=O) groups is 2. The first-order valence-electron chi connectivity index (χ1n) is 8.91. The maximum Gasteiger partial charge on any atom is 0.341 e. The number of amides is 1. The Labute approximate surface area is 168 Å². The topological polar surface area (TPSA) is 120 Å². The zero-order chi connectivity index (χ0) is 21.4. The van der Waals surface area contributed by atoms with Gasteiger partial charge in [-0.3, -0.25) is 14.9 Å². The standard InChI is InChI=1S/C20H23N3O6/c1-13-5-4-6-15(11-13)22-19(24)14(2)29-20(25)17-12-16(23(26)27)7-8-18(17)21-9-10-28-3/h4-8,11-12,14,21H,9-10H2,1-3H3,(H,22,24)/t14-/m0/s1. The normalized spacial score (nSPS) is 11.4. The highest BCUT2D eigenvalue weighted by atomic mass is 16.6. The lowest BCUT2D eigenvalue weighted by Crippen LogP contribution is -2.30. The summed E-state index contributed by atoms with van der Waals surface area (Å²) in [4.78, 5) is 35.4. The van der Waals surface area contributed by atoms with Gasteiger partial charge in [0.25, 0.3) is 11.6 Å². The zero-order valence-corrected chi connectivity index (χ0v) is 16.4. The van der Waals surface area contributed by atoms with Crippen molar-refractivity contribution < 1.29 is 24.0 Å². The fourth-order valence-electron chi connectivity index (χ4n) is 2.50. The van der Waals surface area contributed by atoms with Gasteiger partial charge in [-0.2, -0.15) is 0 Å². The minimum absolute atomic E-state index is 0.0366. The van der Waals surface area contributed by atoms with E-state index in [4.69, 9.17) is 9.47 Å². The van der Waals surface area contributed by atoms with Crippen LogP contribution in [-0.2, 0) is 14.3 Å². The molecule has 29 heavy (non-hydrogen) atoms. The highest BCUT2D eigenvalue weighted by Gasteiger charge is 2.23. The lowest BCUT2D eigenvalue weighted by molar-refractivity contribution is -0.384. The number of nitro groups is 1. The number of carbonyl (C=O) groups excluding carboxylic acids is 2. The van der Waals surface area contributed by atoms with Crippen molar-refractivity contribution in [3.63, 3.8) is 0 Å². The van der Waals surface area contributed by atoms with Gasteiger partial charge in [0.15, 0.2) is 6.10 Å². The number of anilines is 2. The van der Waals surface area contributed by atoms with E-state index in [1.54, 1.807) is 18.2 Å². The number of nitrogens with one attached hydrogen (secondary N) is 2. The van der Waals surface area contributed by atoms with Gasteiger partial charge >= 0.3 is 5.97 Å². The van der Waals surface area contributed by atoms with E-state index >= 15 is 0 Å². The summed E-state index contributed by atoms with van der Waals surface area (Å²) in [6.07, 6.45) is -1.10. The van der Waals surface area contributed by atoms with E-state index in [0.29, 0.717) is 24.5 Å². The van der Waals surface area contributed by atoms with Gasteiger partial charge in [0.05, 0.1) is 17.1 Å². The lowest BCUT2D eigenvalue weighted by atomic mass is 10.1. The molecule has 0 unspecified atom stereocenters. The summed E-state index contributed by atoms with van der Waals surface area (Å²) in [5, 5.41) is 16.7. The molecule has 154 valence electrons. The number of hydrogen-bond acceptors (Lipinski definition) is 7. The van der Waals surface area contributed by atoms with Crippen molar-refractivity contribution in [2.75, 3.05) is 30.9 Å². The molecule has 0 heterocycles. The molecule has 0 aliphatic rings. The van der Waals surface area contributed by atoms with E-state index in [9.17, 15) is 19.7 Å². The number of ether oxygens (including phenoxy) is 2. The first-order valence-corrected chi connectivity index (χ1v) is 8.91. The van der Waals surface area contributed by atoms with Crippen molar-refractivity contribution in [2.45, 2.75) is 20.0 Å². The first-order chi connectivity index (χ1) is 13.8. The molecule has 1 amide bonds. The van der Waals surface area contributed by atoms with Gasteiger partial charge in [0.1, 0.15) is 0 Å². The largest absolute Gasteiger partial charge is 0.449 e. The second-order valence-electron chi connectivity index (χ2n) is 6.31. The number of esters is 1. The molecule has 0 fully saturated rings. The predicted molar refractivity (Wildman–Crippen MR) is 108 cm³/mol. The molecule has 9 nitrogen and oxygen atoms in total. The molecule has 0 bridgehead atoms. The number of non-ortho nitro benzene ring substituents is 1. The van der Waals surface area contributed by atoms with Crippen LogP contribution in [0.25, 0.3) is 0 Å². The molecule has 9 heteroatoms. The van der Waals surface area contributed by atoms with Crippen molar-refractivity contribution in [1.29, 1.82) is 0 Å². The van der Waals surface area contributed by atoms with Crippen LogP contribution in [0.3, 0.4) is 0 Å². The van der Waals surface area contributed by atoms with E-state index < -0.39 is 22.9 Å². The molecule has 2 aromatic carbocycles. The third-order valence-corrected chi connectivity index (χ3v) is 3.99. The van der Waals surface area contributed by atoms with E-state index in [2.05, 4.69) is 10.6 Å². The van der Waals surface area contributed by atoms with Crippen molar-refractivity contribution in [1.82, 2.24) is 0 Å². The van der Waals surface area contributed by atoms with Crippen molar-refractivity contribution in [2.24, 2.45) is 0 Å². The van der Waals surface area contributed by atoms with Crippen LogP contribution in [0, 0.1) is 17.0 Å². The molecule has 2 aromatic rings. The molecule has 0 aliphatic heterocycles. The van der Waals surface area contributed by atoms with Gasteiger partial charge in [-0.15, -0.1) is 0 Å². The number of hydrogen-bond donors (Lipinski definition) is 2. The molecule has 2 N–H and O–H groups in total. The fraction of sp³-hybridized carbons (Fsp3) is 0.300. The monoisotopic (exact) mass is 401 g/mol. The third kappa shape index (κ3) is 6.28. The second-order valence-corrected chi connectivity index (χ2v) is 6.31. The summed E-state index contributed by atoms with van der Waals surface area (Å²) in [5.41, 5.74) is 1.60. The minimum atomic E-state index is -1.10. The van der Waals surface area contributed by atoms with E-state index in [-0.39, 0.29) is 11.3 Å². The summed E-state index contributed by atoms with van der Waals surface area (Å²) in [6.45, 7) is 4.08.